The van der Waals surface area contributed by atoms with Crippen molar-refractivity contribution in [1.82, 2.24) is 10.6 Å². The summed E-state index contributed by atoms with van der Waals surface area (Å²) in [6.45, 7) is 7.78. The molecule has 0 fully saturated rings. The average Bonchev–Trinajstić information content (AvgIpc) is 2.37. The van der Waals surface area contributed by atoms with Gasteiger partial charge in [-0.2, -0.15) is 0 Å². The molecule has 1 atom stereocenters. The summed E-state index contributed by atoms with van der Waals surface area (Å²) >= 11 is 0. The molecule has 3 N–H and O–H groups in total. The number of hydrogen-bond acceptors (Lipinski definition) is 4. The van der Waals surface area contributed by atoms with E-state index in [0.717, 1.165) is 0 Å². The van der Waals surface area contributed by atoms with Crippen LogP contribution in [-0.2, 0) is 14.3 Å². The Bertz CT molecular complexity index is 315. The zero-order valence-electron chi connectivity index (χ0n) is 13.4. The molecular weight excluding hydrogens is 276 g/mol. The van der Waals surface area contributed by atoms with Gasteiger partial charge in [-0.25, -0.2) is 4.79 Å². The zero-order chi connectivity index (χ0) is 16.3. The number of ether oxygens (including phenoxy) is 2. The minimum absolute atomic E-state index is 0.101. The first-order chi connectivity index (χ1) is 9.76. The van der Waals surface area contributed by atoms with E-state index in [2.05, 4.69) is 10.6 Å². The number of carboxylic acid groups (broad SMARTS) is 1. The van der Waals surface area contributed by atoms with Gasteiger partial charge in [0.25, 0.3) is 0 Å². The van der Waals surface area contributed by atoms with Crippen LogP contribution in [0.15, 0.2) is 0 Å². The molecule has 0 aromatic rings. The van der Waals surface area contributed by atoms with Gasteiger partial charge < -0.3 is 25.2 Å². The molecule has 0 aromatic heterocycles. The number of amides is 2. The maximum Gasteiger partial charge on any atom is 0.314 e. The molecule has 0 spiro atoms. The number of aliphatic carboxylic acids is 1. The van der Waals surface area contributed by atoms with E-state index in [1.54, 1.807) is 7.11 Å². The van der Waals surface area contributed by atoms with Crippen LogP contribution in [0.1, 0.15) is 27.2 Å². The Morgan fingerprint density at radius 1 is 1.14 bits per heavy atom. The topological polar surface area (TPSA) is 96.9 Å². The Labute approximate surface area is 126 Å². The van der Waals surface area contributed by atoms with Crippen molar-refractivity contribution in [2.75, 3.05) is 40.0 Å². The number of carboxylic acids is 1. The molecule has 0 aromatic carbocycles. The number of nitrogens with one attached hydrogen (secondary N) is 2. The van der Waals surface area contributed by atoms with Crippen molar-refractivity contribution in [3.05, 3.63) is 0 Å². The lowest BCUT2D eigenvalue weighted by molar-refractivity contribution is -0.142. The third kappa shape index (κ3) is 12.1. The van der Waals surface area contributed by atoms with Crippen LogP contribution in [-0.4, -0.2) is 57.1 Å². The number of carbonyl (C=O) groups is 2. The molecular formula is C14H28N2O5. The third-order valence-electron chi connectivity index (χ3n) is 2.68. The number of methoxy groups -OCH3 is 1. The first-order valence-electron chi connectivity index (χ1n) is 7.07. The molecule has 21 heavy (non-hydrogen) atoms. The van der Waals surface area contributed by atoms with Crippen LogP contribution >= 0.6 is 0 Å². The minimum atomic E-state index is -0.895. The van der Waals surface area contributed by atoms with Gasteiger partial charge in [0.2, 0.25) is 0 Å². The number of hydrogen-bond donors (Lipinski definition) is 3. The average molecular weight is 304 g/mol. The van der Waals surface area contributed by atoms with Crippen LogP contribution in [0.2, 0.25) is 0 Å². The van der Waals surface area contributed by atoms with Gasteiger partial charge in [0.05, 0.1) is 25.7 Å². The van der Waals surface area contributed by atoms with Crippen LogP contribution in [0.25, 0.3) is 0 Å². The molecule has 0 aliphatic heterocycles. The molecule has 2 amide bonds. The molecule has 0 aliphatic carbocycles. The van der Waals surface area contributed by atoms with E-state index in [4.69, 9.17) is 14.6 Å². The molecule has 0 bridgehead atoms. The van der Waals surface area contributed by atoms with Crippen LogP contribution in [0.4, 0.5) is 4.79 Å². The normalized spacial score (nSPS) is 12.8. The molecule has 7 heteroatoms. The molecule has 0 saturated carbocycles. The Kier molecular flexibility index (Phi) is 9.73. The van der Waals surface area contributed by atoms with Gasteiger partial charge in [-0.05, 0) is 11.8 Å². The lowest BCUT2D eigenvalue weighted by atomic mass is 9.84. The van der Waals surface area contributed by atoms with Crippen molar-refractivity contribution in [3.8, 4) is 0 Å². The lowest BCUT2D eigenvalue weighted by Crippen LogP contribution is -2.41. The fraction of sp³-hybridized carbons (Fsp3) is 0.857. The summed E-state index contributed by atoms with van der Waals surface area (Å²) in [5.74, 6) is -1.48. The van der Waals surface area contributed by atoms with Crippen molar-refractivity contribution < 1.29 is 24.2 Å². The predicted molar refractivity (Wildman–Crippen MR) is 79.3 cm³/mol. The van der Waals surface area contributed by atoms with E-state index in [0.29, 0.717) is 32.8 Å². The minimum Gasteiger partial charge on any atom is -0.481 e. The molecule has 0 heterocycles. The maximum absolute atomic E-state index is 11.5. The van der Waals surface area contributed by atoms with Gasteiger partial charge in [-0.3, -0.25) is 4.79 Å². The van der Waals surface area contributed by atoms with Crippen LogP contribution in [0, 0.1) is 11.3 Å². The van der Waals surface area contributed by atoms with E-state index >= 15 is 0 Å². The largest absolute Gasteiger partial charge is 0.481 e. The summed E-state index contributed by atoms with van der Waals surface area (Å²) < 4.78 is 10.0. The molecule has 0 aliphatic rings. The summed E-state index contributed by atoms with van der Waals surface area (Å²) in [6.07, 6.45) is 0.503. The molecule has 1 unspecified atom stereocenters. The van der Waals surface area contributed by atoms with Crippen LogP contribution in [0.5, 0.6) is 0 Å². The Morgan fingerprint density at radius 3 is 2.33 bits per heavy atom. The summed E-state index contributed by atoms with van der Waals surface area (Å²) in [6, 6.07) is -0.384. The summed E-state index contributed by atoms with van der Waals surface area (Å²) in [5, 5.41) is 14.3. The van der Waals surface area contributed by atoms with Crippen molar-refractivity contribution >= 4 is 12.0 Å². The summed E-state index contributed by atoms with van der Waals surface area (Å²) in [4.78, 5) is 22.7. The fourth-order valence-corrected chi connectivity index (χ4v) is 1.75. The fourth-order valence-electron chi connectivity index (χ4n) is 1.75. The molecule has 0 rings (SSSR count). The van der Waals surface area contributed by atoms with Gasteiger partial charge in [0, 0.05) is 20.2 Å². The van der Waals surface area contributed by atoms with Gasteiger partial charge in [-0.15, -0.1) is 0 Å². The first kappa shape index (κ1) is 19.7. The molecule has 0 radical (unpaired) electrons. The number of carbonyl (C=O) groups excluding carboxylic acids is 1. The Morgan fingerprint density at radius 2 is 1.81 bits per heavy atom. The van der Waals surface area contributed by atoms with Crippen LogP contribution < -0.4 is 10.6 Å². The monoisotopic (exact) mass is 304 g/mol. The highest BCUT2D eigenvalue weighted by Gasteiger charge is 2.24. The van der Waals surface area contributed by atoms with E-state index in [-0.39, 0.29) is 18.0 Å². The van der Waals surface area contributed by atoms with Crippen molar-refractivity contribution in [3.63, 3.8) is 0 Å². The maximum atomic E-state index is 11.5. The second-order valence-electron chi connectivity index (χ2n) is 6.04. The molecule has 7 nitrogen and oxygen atoms in total. The van der Waals surface area contributed by atoms with Crippen molar-refractivity contribution in [2.24, 2.45) is 11.3 Å². The predicted octanol–water partition coefficient (Wildman–Crippen LogP) is 1.09. The van der Waals surface area contributed by atoms with Gasteiger partial charge in [0.15, 0.2) is 0 Å². The van der Waals surface area contributed by atoms with Gasteiger partial charge in [0.1, 0.15) is 0 Å². The van der Waals surface area contributed by atoms with E-state index in [1.807, 2.05) is 20.8 Å². The van der Waals surface area contributed by atoms with Gasteiger partial charge >= 0.3 is 12.0 Å². The highest BCUT2D eigenvalue weighted by atomic mass is 16.5. The molecule has 0 saturated heterocycles. The third-order valence-corrected chi connectivity index (χ3v) is 2.68. The van der Waals surface area contributed by atoms with Crippen LogP contribution in [0.3, 0.4) is 0 Å². The summed E-state index contributed by atoms with van der Waals surface area (Å²) in [5.41, 5.74) is -0.101. The smallest absolute Gasteiger partial charge is 0.314 e. The second-order valence-corrected chi connectivity index (χ2v) is 6.04. The van der Waals surface area contributed by atoms with Gasteiger partial charge in [-0.1, -0.05) is 20.8 Å². The highest BCUT2D eigenvalue weighted by molar-refractivity contribution is 5.75. The zero-order valence-corrected chi connectivity index (χ0v) is 13.4. The number of urea groups is 1. The van der Waals surface area contributed by atoms with E-state index in [1.165, 1.54) is 0 Å². The van der Waals surface area contributed by atoms with E-state index < -0.39 is 11.9 Å². The second kappa shape index (κ2) is 10.4. The van der Waals surface area contributed by atoms with Crippen molar-refractivity contribution in [2.45, 2.75) is 27.2 Å². The van der Waals surface area contributed by atoms with Crippen molar-refractivity contribution in [1.29, 1.82) is 0 Å². The SMILES string of the molecule is COCCOCCNC(=O)NCC(CC(C)(C)C)C(=O)O. The standard InChI is InChI=1S/C14H28N2O5/c1-14(2,3)9-11(12(17)18)10-16-13(19)15-5-6-21-8-7-20-4/h11H,5-10H2,1-4H3,(H,17,18)(H2,15,16,19). The molecule has 124 valence electrons. The Hall–Kier alpha value is -1.34. The summed E-state index contributed by atoms with van der Waals surface area (Å²) in [7, 11) is 1.59. The first-order valence-corrected chi connectivity index (χ1v) is 7.07. The van der Waals surface area contributed by atoms with E-state index in [9.17, 15) is 9.59 Å². The number of rotatable bonds is 10. The lowest BCUT2D eigenvalue weighted by Gasteiger charge is -2.23. The Balaban J connectivity index is 3.85. The highest BCUT2D eigenvalue weighted by Crippen LogP contribution is 2.24. The quantitative estimate of drug-likeness (QED) is 0.525.